The van der Waals surface area contributed by atoms with E-state index in [2.05, 4.69) is 21.2 Å². The molecule has 168 valence electrons. The van der Waals surface area contributed by atoms with Gasteiger partial charge in [0.05, 0.1) is 17.5 Å². The van der Waals surface area contributed by atoms with Gasteiger partial charge in [0.25, 0.3) is 0 Å². The number of sulfonamides is 1. The average molecular weight is 536 g/mol. The number of nitrogens with one attached hydrogen (secondary N) is 1. The molecule has 3 aromatic rings. The highest BCUT2D eigenvalue weighted by Gasteiger charge is 2.27. The molecule has 0 radical (unpaired) electrons. The number of benzene rings is 3. The molecule has 0 aromatic heterocycles. The fraction of sp³-hybridized carbons (Fsp3) is 0.208. The first kappa shape index (κ1) is 24.5. The van der Waals surface area contributed by atoms with E-state index in [0.29, 0.717) is 5.02 Å². The Kier molecular flexibility index (Phi) is 8.11. The Morgan fingerprint density at radius 1 is 1.06 bits per heavy atom. The van der Waals surface area contributed by atoms with Crippen molar-refractivity contribution in [3.63, 3.8) is 0 Å². The lowest BCUT2D eigenvalue weighted by Gasteiger charge is -2.23. The summed E-state index contributed by atoms with van der Waals surface area (Å²) in [6, 6.07) is 20.8. The molecule has 8 heteroatoms. The number of hydrogen-bond donors (Lipinski definition) is 1. The predicted octanol–water partition coefficient (Wildman–Crippen LogP) is 5.48. The first-order chi connectivity index (χ1) is 15.1. The fourth-order valence-corrected chi connectivity index (χ4v) is 5.05. The number of amides is 1. The molecule has 0 saturated heterocycles. The minimum atomic E-state index is -3.92. The van der Waals surface area contributed by atoms with Crippen molar-refractivity contribution in [3.8, 4) is 0 Å². The summed E-state index contributed by atoms with van der Waals surface area (Å²) in [4.78, 5) is 12.9. The van der Waals surface area contributed by atoms with Gasteiger partial charge < -0.3 is 5.32 Å². The average Bonchev–Trinajstić information content (AvgIpc) is 2.74. The van der Waals surface area contributed by atoms with Crippen molar-refractivity contribution < 1.29 is 13.2 Å². The van der Waals surface area contributed by atoms with Gasteiger partial charge in [-0.1, -0.05) is 69.5 Å². The van der Waals surface area contributed by atoms with Crippen LogP contribution in [0.15, 0.2) is 82.2 Å². The van der Waals surface area contributed by atoms with Crippen LogP contribution in [0.2, 0.25) is 5.02 Å². The van der Waals surface area contributed by atoms with Crippen molar-refractivity contribution in [1.82, 2.24) is 9.62 Å². The summed E-state index contributed by atoms with van der Waals surface area (Å²) in [7, 11) is -3.92. The SMILES string of the molecule is Cc1cccc(CN(CC(=O)NC(C)c2ccc(Br)cc2)S(=O)(=O)c2ccc(Cl)cc2)c1. The summed E-state index contributed by atoms with van der Waals surface area (Å²) in [5.41, 5.74) is 2.74. The maximum atomic E-state index is 13.4. The zero-order valence-corrected chi connectivity index (χ0v) is 20.9. The molecule has 1 amide bonds. The summed E-state index contributed by atoms with van der Waals surface area (Å²) in [5.74, 6) is -0.384. The molecule has 0 aliphatic carbocycles. The molecule has 0 aliphatic rings. The Morgan fingerprint density at radius 2 is 1.72 bits per heavy atom. The summed E-state index contributed by atoms with van der Waals surface area (Å²) in [6.07, 6.45) is 0. The first-order valence-electron chi connectivity index (χ1n) is 10.0. The van der Waals surface area contributed by atoms with Crippen LogP contribution < -0.4 is 5.32 Å². The number of rotatable bonds is 8. The summed E-state index contributed by atoms with van der Waals surface area (Å²) < 4.78 is 28.9. The van der Waals surface area contributed by atoms with E-state index in [1.165, 1.54) is 28.6 Å². The number of halogens is 2. The zero-order chi connectivity index (χ0) is 23.3. The van der Waals surface area contributed by atoms with Gasteiger partial charge in [0.2, 0.25) is 15.9 Å². The molecule has 1 unspecified atom stereocenters. The number of nitrogens with zero attached hydrogens (tertiary/aromatic N) is 1. The van der Waals surface area contributed by atoms with Gasteiger partial charge in [0.15, 0.2) is 0 Å². The smallest absolute Gasteiger partial charge is 0.243 e. The van der Waals surface area contributed by atoms with Crippen molar-refractivity contribution in [2.75, 3.05) is 6.54 Å². The van der Waals surface area contributed by atoms with Crippen molar-refractivity contribution in [1.29, 1.82) is 0 Å². The van der Waals surface area contributed by atoms with E-state index in [4.69, 9.17) is 11.6 Å². The van der Waals surface area contributed by atoms with Crippen molar-refractivity contribution in [2.24, 2.45) is 0 Å². The second-order valence-corrected chi connectivity index (χ2v) is 10.8. The van der Waals surface area contributed by atoms with Crippen LogP contribution in [0.3, 0.4) is 0 Å². The molecule has 0 fully saturated rings. The highest BCUT2D eigenvalue weighted by molar-refractivity contribution is 9.10. The topological polar surface area (TPSA) is 66.5 Å². The van der Waals surface area contributed by atoms with Crippen LogP contribution in [0.25, 0.3) is 0 Å². The minimum absolute atomic E-state index is 0.0761. The van der Waals surface area contributed by atoms with Gasteiger partial charge in [-0.25, -0.2) is 8.42 Å². The van der Waals surface area contributed by atoms with E-state index in [-0.39, 0.29) is 29.9 Å². The molecule has 0 saturated carbocycles. The van der Waals surface area contributed by atoms with Crippen LogP contribution >= 0.6 is 27.5 Å². The highest BCUT2D eigenvalue weighted by atomic mass is 79.9. The number of aryl methyl sites for hydroxylation is 1. The van der Waals surface area contributed by atoms with Crippen molar-refractivity contribution >= 4 is 43.5 Å². The summed E-state index contributed by atoms with van der Waals surface area (Å²) in [6.45, 7) is 3.57. The Morgan fingerprint density at radius 3 is 2.34 bits per heavy atom. The Balaban J connectivity index is 1.83. The molecule has 0 aliphatic heterocycles. The third-order valence-corrected chi connectivity index (χ3v) is 7.55. The lowest BCUT2D eigenvalue weighted by molar-refractivity contribution is -0.122. The largest absolute Gasteiger partial charge is 0.348 e. The molecular formula is C24H24BrClN2O3S. The number of hydrogen-bond acceptors (Lipinski definition) is 3. The lowest BCUT2D eigenvalue weighted by Crippen LogP contribution is -2.41. The summed E-state index contributed by atoms with van der Waals surface area (Å²) >= 11 is 9.32. The standard InChI is InChI=1S/C24H24BrClN2O3S/c1-17-4-3-5-19(14-17)15-28(32(30,31)23-12-10-22(26)11-13-23)16-24(29)27-18(2)20-6-8-21(25)9-7-20/h3-14,18H,15-16H2,1-2H3,(H,27,29). The van der Waals surface area contributed by atoms with E-state index < -0.39 is 10.0 Å². The van der Waals surface area contributed by atoms with Gasteiger partial charge in [-0.2, -0.15) is 4.31 Å². The van der Waals surface area contributed by atoms with Gasteiger partial charge >= 0.3 is 0 Å². The van der Waals surface area contributed by atoms with Gasteiger partial charge in [0, 0.05) is 16.0 Å². The van der Waals surface area contributed by atoms with Crippen LogP contribution in [0, 0.1) is 6.92 Å². The Hall–Kier alpha value is -2.19. The Labute approximate surface area is 202 Å². The maximum absolute atomic E-state index is 13.4. The Bertz CT molecular complexity index is 1180. The molecule has 3 aromatic carbocycles. The highest BCUT2D eigenvalue weighted by Crippen LogP contribution is 2.21. The number of carbonyl (C=O) groups excluding carboxylic acids is 1. The van der Waals surface area contributed by atoms with Gasteiger partial charge in [0.1, 0.15) is 0 Å². The first-order valence-corrected chi connectivity index (χ1v) is 12.6. The minimum Gasteiger partial charge on any atom is -0.348 e. The molecule has 1 atom stereocenters. The van der Waals surface area contributed by atoms with E-state index in [1.807, 2.05) is 62.4 Å². The van der Waals surface area contributed by atoms with Crippen LogP contribution in [0.4, 0.5) is 0 Å². The van der Waals surface area contributed by atoms with Crippen molar-refractivity contribution in [2.45, 2.75) is 31.3 Å². The maximum Gasteiger partial charge on any atom is 0.243 e. The molecule has 5 nitrogen and oxygen atoms in total. The van der Waals surface area contributed by atoms with Crippen LogP contribution in [-0.2, 0) is 21.4 Å². The van der Waals surface area contributed by atoms with Crippen molar-refractivity contribution in [3.05, 3.63) is 99.0 Å². The predicted molar refractivity (Wildman–Crippen MR) is 131 cm³/mol. The monoisotopic (exact) mass is 534 g/mol. The van der Waals surface area contributed by atoms with Crippen LogP contribution in [0.5, 0.6) is 0 Å². The second-order valence-electron chi connectivity index (χ2n) is 7.56. The lowest BCUT2D eigenvalue weighted by atomic mass is 10.1. The molecule has 0 heterocycles. The third kappa shape index (κ3) is 6.42. The van der Waals surface area contributed by atoms with Gasteiger partial charge in [-0.15, -0.1) is 0 Å². The van der Waals surface area contributed by atoms with Crippen LogP contribution in [0.1, 0.15) is 29.7 Å². The fourth-order valence-electron chi connectivity index (χ4n) is 3.28. The zero-order valence-electron chi connectivity index (χ0n) is 17.8. The normalized spacial score (nSPS) is 12.5. The second kappa shape index (κ2) is 10.6. The summed E-state index contributed by atoms with van der Waals surface area (Å²) in [5, 5.41) is 3.33. The molecular weight excluding hydrogens is 512 g/mol. The quantitative estimate of drug-likeness (QED) is 0.415. The van der Waals surface area contributed by atoms with E-state index in [9.17, 15) is 13.2 Å². The van der Waals surface area contributed by atoms with E-state index >= 15 is 0 Å². The molecule has 32 heavy (non-hydrogen) atoms. The molecule has 1 N–H and O–H groups in total. The van der Waals surface area contributed by atoms with Gasteiger partial charge in [-0.05, 0) is 61.4 Å². The number of carbonyl (C=O) groups is 1. The van der Waals surface area contributed by atoms with E-state index in [0.717, 1.165) is 21.2 Å². The van der Waals surface area contributed by atoms with Crippen LogP contribution in [-0.4, -0.2) is 25.2 Å². The molecule has 3 rings (SSSR count). The molecule has 0 spiro atoms. The molecule has 0 bridgehead atoms. The third-order valence-electron chi connectivity index (χ3n) is 4.96. The van der Waals surface area contributed by atoms with E-state index in [1.54, 1.807) is 0 Å². The van der Waals surface area contributed by atoms with Gasteiger partial charge in [-0.3, -0.25) is 4.79 Å².